The highest BCUT2D eigenvalue weighted by atomic mass is 79.9. The van der Waals surface area contributed by atoms with Crippen LogP contribution < -0.4 is 4.90 Å². The lowest BCUT2D eigenvalue weighted by Crippen LogP contribution is -2.19. The van der Waals surface area contributed by atoms with E-state index >= 15 is 0 Å². The second-order valence-corrected chi connectivity index (χ2v) is 6.16. The Labute approximate surface area is 157 Å². The quantitative estimate of drug-likeness (QED) is 0.368. The van der Waals surface area contributed by atoms with Gasteiger partial charge in [-0.05, 0) is 40.5 Å². The molecule has 0 spiro atoms. The van der Waals surface area contributed by atoms with Gasteiger partial charge in [0.05, 0.1) is 21.1 Å². The summed E-state index contributed by atoms with van der Waals surface area (Å²) in [4.78, 5) is 32.4. The van der Waals surface area contributed by atoms with Gasteiger partial charge in [-0.3, -0.25) is 29.9 Å². The molecule has 0 heterocycles. The number of nitro groups is 2. The third-order valence-electron chi connectivity index (χ3n) is 3.50. The molecule has 0 aliphatic carbocycles. The minimum absolute atomic E-state index is 0.0124. The number of amides is 1. The maximum absolute atomic E-state index is 13.0. The first kappa shape index (κ1) is 20.3. The molecule has 8 nitrogen and oxygen atoms in total. The molecule has 27 heavy (non-hydrogen) atoms. The number of halogens is 4. The number of aryl methyl sites for hydroxylation is 1. The van der Waals surface area contributed by atoms with Gasteiger partial charge in [0, 0.05) is 16.6 Å². The highest BCUT2D eigenvalue weighted by Gasteiger charge is 2.39. The summed E-state index contributed by atoms with van der Waals surface area (Å²) >= 11 is 3.14. The average molecular weight is 448 g/mol. The zero-order valence-corrected chi connectivity index (χ0v) is 14.9. The molecule has 0 unspecified atom stereocenters. The van der Waals surface area contributed by atoms with E-state index in [1.54, 1.807) is 6.92 Å². The van der Waals surface area contributed by atoms with Crippen molar-refractivity contribution in [1.82, 2.24) is 0 Å². The van der Waals surface area contributed by atoms with Gasteiger partial charge in [-0.15, -0.1) is 0 Å². The van der Waals surface area contributed by atoms with E-state index in [9.17, 15) is 38.2 Å². The van der Waals surface area contributed by atoms with Crippen LogP contribution in [0.2, 0.25) is 0 Å². The predicted octanol–water partition coefficient (Wildman–Crippen LogP) is 4.89. The molecule has 2 aromatic rings. The van der Waals surface area contributed by atoms with E-state index in [1.807, 2.05) is 0 Å². The van der Waals surface area contributed by atoms with Crippen molar-refractivity contribution in [3.05, 3.63) is 66.2 Å². The van der Waals surface area contributed by atoms with Gasteiger partial charge in [0.25, 0.3) is 0 Å². The fourth-order valence-corrected chi connectivity index (χ4v) is 3.01. The Balaban J connectivity index is 2.88. The first-order valence-electron chi connectivity index (χ1n) is 7.02. The number of carbonyl (C=O) groups is 1. The zero-order valence-electron chi connectivity index (χ0n) is 13.4. The SMILES string of the molecule is Cc1ccc(N(C=O)c2c([N+](=O)[O-])cc(C(F)(F)F)cc2[N+](=O)[O-])c(Br)c1. The Morgan fingerprint density at radius 3 is 1.96 bits per heavy atom. The van der Waals surface area contributed by atoms with Crippen molar-refractivity contribution in [1.29, 1.82) is 0 Å². The average Bonchev–Trinajstić information content (AvgIpc) is 2.55. The van der Waals surface area contributed by atoms with Crippen LogP contribution in [0.15, 0.2) is 34.8 Å². The highest BCUT2D eigenvalue weighted by molar-refractivity contribution is 9.10. The van der Waals surface area contributed by atoms with Crippen LogP contribution >= 0.6 is 15.9 Å². The van der Waals surface area contributed by atoms with Crippen LogP contribution in [-0.2, 0) is 11.0 Å². The smallest absolute Gasteiger partial charge is 0.278 e. The van der Waals surface area contributed by atoms with Crippen LogP contribution in [0.25, 0.3) is 0 Å². The molecular formula is C15H9BrF3N3O5. The molecule has 142 valence electrons. The monoisotopic (exact) mass is 447 g/mol. The van der Waals surface area contributed by atoms with Crippen LogP contribution in [0.1, 0.15) is 11.1 Å². The highest BCUT2D eigenvalue weighted by Crippen LogP contribution is 2.46. The van der Waals surface area contributed by atoms with Gasteiger partial charge in [-0.1, -0.05) is 6.07 Å². The maximum atomic E-state index is 13.0. The number of hydrogen-bond acceptors (Lipinski definition) is 5. The zero-order chi connectivity index (χ0) is 20.5. The molecule has 0 atom stereocenters. The number of carbonyl (C=O) groups excluding carboxylic acids is 1. The van der Waals surface area contributed by atoms with Gasteiger partial charge in [-0.25, -0.2) is 0 Å². The fourth-order valence-electron chi connectivity index (χ4n) is 2.33. The number of rotatable bonds is 5. The van der Waals surface area contributed by atoms with Crippen LogP contribution in [0, 0.1) is 27.2 Å². The number of alkyl halides is 3. The summed E-state index contributed by atoms with van der Waals surface area (Å²) in [6, 6.07) is 4.72. The van der Waals surface area contributed by atoms with Crippen molar-refractivity contribution in [2.75, 3.05) is 4.90 Å². The molecule has 0 N–H and O–H groups in total. The molecule has 0 saturated carbocycles. The number of nitro benzene ring substituents is 2. The molecule has 1 amide bonds. The Hall–Kier alpha value is -3.02. The summed E-state index contributed by atoms with van der Waals surface area (Å²) in [5, 5.41) is 22.7. The normalized spacial score (nSPS) is 11.1. The van der Waals surface area contributed by atoms with Crippen molar-refractivity contribution in [3.8, 4) is 0 Å². The third-order valence-corrected chi connectivity index (χ3v) is 4.13. The summed E-state index contributed by atoms with van der Waals surface area (Å²) in [5.41, 5.74) is -4.17. The Kier molecular flexibility index (Phi) is 5.49. The fraction of sp³-hybridized carbons (Fsp3) is 0.133. The molecule has 0 fully saturated rings. The van der Waals surface area contributed by atoms with Crippen LogP contribution in [-0.4, -0.2) is 16.3 Å². The second kappa shape index (κ2) is 7.31. The molecule has 0 saturated heterocycles. The molecule has 0 aliphatic heterocycles. The number of anilines is 2. The lowest BCUT2D eigenvalue weighted by Gasteiger charge is -2.20. The summed E-state index contributed by atoms with van der Waals surface area (Å²) in [7, 11) is 0. The standard InChI is InChI=1S/C15H9BrF3N3O5/c1-8-2-3-11(10(16)4-8)20(7-23)14-12(21(24)25)5-9(15(17,18)19)6-13(14)22(26)27/h2-7H,1H3. The van der Waals surface area contributed by atoms with Gasteiger partial charge >= 0.3 is 17.6 Å². The number of hydrogen-bond donors (Lipinski definition) is 0. The van der Waals surface area contributed by atoms with E-state index in [4.69, 9.17) is 0 Å². The van der Waals surface area contributed by atoms with Gasteiger partial charge < -0.3 is 0 Å². The second-order valence-electron chi connectivity index (χ2n) is 5.31. The van der Waals surface area contributed by atoms with Crippen molar-refractivity contribution in [3.63, 3.8) is 0 Å². The van der Waals surface area contributed by atoms with Crippen molar-refractivity contribution in [2.24, 2.45) is 0 Å². The molecule has 2 rings (SSSR count). The van der Waals surface area contributed by atoms with Crippen LogP contribution in [0.3, 0.4) is 0 Å². The van der Waals surface area contributed by atoms with Gasteiger partial charge in [0.2, 0.25) is 12.1 Å². The number of benzene rings is 2. The molecule has 12 heteroatoms. The van der Waals surface area contributed by atoms with Crippen molar-refractivity contribution >= 4 is 45.1 Å². The van der Waals surface area contributed by atoms with Crippen molar-refractivity contribution in [2.45, 2.75) is 13.1 Å². The minimum Gasteiger partial charge on any atom is -0.278 e. The van der Waals surface area contributed by atoms with Gasteiger partial charge in [0.15, 0.2) is 0 Å². The molecule has 0 aliphatic rings. The van der Waals surface area contributed by atoms with E-state index in [1.165, 1.54) is 18.2 Å². The maximum Gasteiger partial charge on any atom is 0.416 e. The van der Waals surface area contributed by atoms with E-state index < -0.39 is 38.6 Å². The minimum atomic E-state index is -5.05. The Morgan fingerprint density at radius 1 is 1.07 bits per heavy atom. The van der Waals surface area contributed by atoms with E-state index in [2.05, 4.69) is 15.9 Å². The summed E-state index contributed by atoms with van der Waals surface area (Å²) in [6.07, 6.45) is -5.00. The molecule has 0 aromatic heterocycles. The molecule has 0 radical (unpaired) electrons. The first-order valence-corrected chi connectivity index (χ1v) is 7.81. The van der Waals surface area contributed by atoms with Gasteiger partial charge in [0.1, 0.15) is 0 Å². The lowest BCUT2D eigenvalue weighted by atomic mass is 10.1. The van der Waals surface area contributed by atoms with E-state index in [-0.39, 0.29) is 28.7 Å². The predicted molar refractivity (Wildman–Crippen MR) is 91.8 cm³/mol. The van der Waals surface area contributed by atoms with Crippen LogP contribution in [0.4, 0.5) is 35.9 Å². The lowest BCUT2D eigenvalue weighted by molar-refractivity contribution is -0.392. The largest absolute Gasteiger partial charge is 0.416 e. The summed E-state index contributed by atoms with van der Waals surface area (Å²) in [5.74, 6) is 0. The van der Waals surface area contributed by atoms with Crippen molar-refractivity contribution < 1.29 is 27.8 Å². The molecule has 2 aromatic carbocycles. The Bertz CT molecular complexity index is 914. The molecular weight excluding hydrogens is 439 g/mol. The van der Waals surface area contributed by atoms with E-state index in [0.717, 1.165) is 5.56 Å². The summed E-state index contributed by atoms with van der Waals surface area (Å²) in [6.45, 7) is 1.71. The van der Waals surface area contributed by atoms with Crippen LogP contribution in [0.5, 0.6) is 0 Å². The summed E-state index contributed by atoms with van der Waals surface area (Å²) < 4.78 is 39.2. The first-order chi connectivity index (χ1) is 12.5. The van der Waals surface area contributed by atoms with Gasteiger partial charge in [-0.2, -0.15) is 13.2 Å². The third kappa shape index (κ3) is 4.05. The Morgan fingerprint density at radius 2 is 1.59 bits per heavy atom. The molecule has 0 bridgehead atoms. The number of nitrogens with zero attached hydrogens (tertiary/aromatic N) is 3. The topological polar surface area (TPSA) is 107 Å². The van der Waals surface area contributed by atoms with E-state index in [0.29, 0.717) is 4.90 Å².